The van der Waals surface area contributed by atoms with Crippen LogP contribution in [-0.2, 0) is 11.3 Å². The number of ether oxygens (including phenoxy) is 2. The number of aliphatic hydroxyl groups is 1. The molecule has 1 fully saturated rings. The zero-order valence-electron chi connectivity index (χ0n) is 10.3. The summed E-state index contributed by atoms with van der Waals surface area (Å²) in [5.74, 6) is 0.436. The van der Waals surface area contributed by atoms with Crippen molar-refractivity contribution in [2.45, 2.75) is 38.4 Å². The Morgan fingerprint density at radius 2 is 2.39 bits per heavy atom. The Hall–Kier alpha value is -1.33. The molecule has 1 saturated heterocycles. The van der Waals surface area contributed by atoms with Crippen molar-refractivity contribution in [1.29, 1.82) is 0 Å². The third kappa shape index (κ3) is 3.58. The summed E-state index contributed by atoms with van der Waals surface area (Å²) in [5.41, 5.74) is -0.262. The number of aliphatic hydroxyl groups excluding tert-OH is 1. The second-order valence-electron chi connectivity index (χ2n) is 4.36. The van der Waals surface area contributed by atoms with Crippen LogP contribution in [0.15, 0.2) is 21.5 Å². The second-order valence-corrected chi connectivity index (χ2v) is 4.36. The Morgan fingerprint density at radius 3 is 3.06 bits per heavy atom. The average molecular weight is 254 g/mol. The second kappa shape index (κ2) is 6.56. The van der Waals surface area contributed by atoms with Crippen LogP contribution in [0.4, 0.5) is 0 Å². The van der Waals surface area contributed by atoms with Crippen LogP contribution in [-0.4, -0.2) is 24.4 Å². The van der Waals surface area contributed by atoms with Crippen molar-refractivity contribution in [3.05, 3.63) is 28.3 Å². The minimum absolute atomic E-state index is 0.194. The van der Waals surface area contributed by atoms with Crippen molar-refractivity contribution >= 4 is 0 Å². The van der Waals surface area contributed by atoms with Crippen LogP contribution in [0.1, 0.15) is 31.4 Å². The highest BCUT2D eigenvalue weighted by atomic mass is 16.5. The van der Waals surface area contributed by atoms with Crippen LogP contribution in [0, 0.1) is 0 Å². The van der Waals surface area contributed by atoms with Gasteiger partial charge in [0.05, 0.1) is 12.7 Å². The van der Waals surface area contributed by atoms with Gasteiger partial charge < -0.3 is 19.0 Å². The molecule has 0 saturated carbocycles. The van der Waals surface area contributed by atoms with Crippen molar-refractivity contribution in [2.75, 3.05) is 13.2 Å². The van der Waals surface area contributed by atoms with E-state index in [9.17, 15) is 4.79 Å². The van der Waals surface area contributed by atoms with E-state index in [0.717, 1.165) is 32.3 Å². The molecule has 1 aliphatic heterocycles. The molecule has 1 unspecified atom stereocenters. The number of hydrogen-bond donors (Lipinski definition) is 1. The lowest BCUT2D eigenvalue weighted by atomic mass is 10.1. The lowest BCUT2D eigenvalue weighted by molar-refractivity contribution is 0.0979. The molecule has 2 heterocycles. The highest BCUT2D eigenvalue weighted by molar-refractivity contribution is 5.17. The summed E-state index contributed by atoms with van der Waals surface area (Å²) >= 11 is 0. The van der Waals surface area contributed by atoms with Crippen LogP contribution in [0.5, 0.6) is 5.75 Å². The van der Waals surface area contributed by atoms with Gasteiger partial charge in [-0.05, 0) is 25.7 Å². The van der Waals surface area contributed by atoms with Crippen LogP contribution in [0.3, 0.4) is 0 Å². The maximum absolute atomic E-state index is 11.5. The summed E-state index contributed by atoms with van der Waals surface area (Å²) in [7, 11) is 0. The Bertz CT molecular complexity index is 420. The van der Waals surface area contributed by atoms with E-state index in [1.807, 2.05) is 0 Å². The zero-order valence-corrected chi connectivity index (χ0v) is 10.3. The van der Waals surface area contributed by atoms with Crippen molar-refractivity contribution in [3.63, 3.8) is 0 Å². The van der Waals surface area contributed by atoms with Gasteiger partial charge in [0, 0.05) is 12.7 Å². The van der Waals surface area contributed by atoms with Crippen LogP contribution in [0.25, 0.3) is 0 Å². The molecule has 5 heteroatoms. The predicted octanol–water partition coefficient (Wildman–Crippen LogP) is 1.47. The summed E-state index contributed by atoms with van der Waals surface area (Å²) < 4.78 is 15.9. The molecule has 0 aromatic carbocycles. The largest absolute Gasteiger partial charge is 0.487 e. The van der Waals surface area contributed by atoms with Crippen LogP contribution < -0.4 is 10.2 Å². The molecule has 0 amide bonds. The number of hydrogen-bond acceptors (Lipinski definition) is 5. The monoisotopic (exact) mass is 254 g/mol. The molecule has 100 valence electrons. The van der Waals surface area contributed by atoms with E-state index in [1.165, 1.54) is 12.3 Å². The first-order valence-electron chi connectivity index (χ1n) is 6.26. The molecule has 2 rings (SSSR count). The zero-order chi connectivity index (χ0) is 12.8. The van der Waals surface area contributed by atoms with Gasteiger partial charge in [-0.25, -0.2) is 0 Å². The first-order valence-corrected chi connectivity index (χ1v) is 6.26. The van der Waals surface area contributed by atoms with E-state index in [2.05, 4.69) is 0 Å². The highest BCUT2D eigenvalue weighted by Gasteiger charge is 2.14. The average Bonchev–Trinajstić information content (AvgIpc) is 2.89. The highest BCUT2D eigenvalue weighted by Crippen LogP contribution is 2.17. The van der Waals surface area contributed by atoms with Gasteiger partial charge in [0.25, 0.3) is 0 Å². The fraction of sp³-hybridized carbons (Fsp3) is 0.615. The molecule has 1 aromatic heterocycles. The van der Waals surface area contributed by atoms with Gasteiger partial charge in [-0.1, -0.05) is 0 Å². The fourth-order valence-corrected chi connectivity index (χ4v) is 1.99. The van der Waals surface area contributed by atoms with E-state index >= 15 is 0 Å². The molecule has 0 aliphatic carbocycles. The lowest BCUT2D eigenvalue weighted by Crippen LogP contribution is -2.11. The Morgan fingerprint density at radius 1 is 1.50 bits per heavy atom. The molecular formula is C13H18O5. The molecular weight excluding hydrogens is 236 g/mol. The van der Waals surface area contributed by atoms with Crippen molar-refractivity contribution in [2.24, 2.45) is 0 Å². The van der Waals surface area contributed by atoms with Crippen LogP contribution >= 0.6 is 0 Å². The van der Waals surface area contributed by atoms with E-state index in [0.29, 0.717) is 12.7 Å². The van der Waals surface area contributed by atoms with E-state index < -0.39 is 0 Å². The van der Waals surface area contributed by atoms with E-state index in [4.69, 9.17) is 19.0 Å². The van der Waals surface area contributed by atoms with Gasteiger partial charge in [0.2, 0.25) is 11.2 Å². The summed E-state index contributed by atoms with van der Waals surface area (Å²) in [6.45, 7) is 1.05. The molecule has 0 radical (unpaired) electrons. The Balaban J connectivity index is 1.74. The molecule has 1 aromatic rings. The third-order valence-corrected chi connectivity index (χ3v) is 2.96. The summed E-state index contributed by atoms with van der Waals surface area (Å²) in [6.07, 6.45) is 5.67. The minimum Gasteiger partial charge on any atom is -0.487 e. The SMILES string of the molecule is O=c1cc(CO)occ1OCCCC1CCCO1. The molecule has 0 bridgehead atoms. The van der Waals surface area contributed by atoms with Crippen molar-refractivity contribution < 1.29 is 19.0 Å². The van der Waals surface area contributed by atoms with Gasteiger partial charge >= 0.3 is 0 Å². The summed E-state index contributed by atoms with van der Waals surface area (Å²) in [4.78, 5) is 11.5. The lowest BCUT2D eigenvalue weighted by Gasteiger charge is -2.09. The standard InChI is InChI=1S/C13H18O5/c14-8-11-7-12(15)13(9-18-11)17-6-2-4-10-3-1-5-16-10/h7,9-10,14H,1-6,8H2. The van der Waals surface area contributed by atoms with Crippen LogP contribution in [0.2, 0.25) is 0 Å². The normalized spacial score (nSPS) is 19.1. The maximum atomic E-state index is 11.5. The quantitative estimate of drug-likeness (QED) is 0.778. The van der Waals surface area contributed by atoms with Gasteiger partial charge in [-0.15, -0.1) is 0 Å². The van der Waals surface area contributed by atoms with Gasteiger partial charge in [-0.3, -0.25) is 4.79 Å². The van der Waals surface area contributed by atoms with Gasteiger partial charge in [0.15, 0.2) is 0 Å². The van der Waals surface area contributed by atoms with E-state index in [1.54, 1.807) is 0 Å². The third-order valence-electron chi connectivity index (χ3n) is 2.96. The maximum Gasteiger partial charge on any atom is 0.227 e. The van der Waals surface area contributed by atoms with Gasteiger partial charge in [0.1, 0.15) is 18.6 Å². The smallest absolute Gasteiger partial charge is 0.227 e. The first kappa shape index (κ1) is 13.1. The predicted molar refractivity (Wildman–Crippen MR) is 64.6 cm³/mol. The summed E-state index contributed by atoms with van der Waals surface area (Å²) in [5, 5.41) is 8.80. The summed E-state index contributed by atoms with van der Waals surface area (Å²) in [6, 6.07) is 1.25. The molecule has 1 aliphatic rings. The first-order chi connectivity index (χ1) is 8.79. The Labute approximate surface area is 105 Å². The topological polar surface area (TPSA) is 68.9 Å². The van der Waals surface area contributed by atoms with Crippen molar-refractivity contribution in [3.8, 4) is 5.75 Å². The molecule has 1 N–H and O–H groups in total. The Kier molecular flexibility index (Phi) is 4.78. The molecule has 18 heavy (non-hydrogen) atoms. The molecule has 5 nitrogen and oxygen atoms in total. The van der Waals surface area contributed by atoms with Crippen molar-refractivity contribution in [1.82, 2.24) is 0 Å². The fourth-order valence-electron chi connectivity index (χ4n) is 1.99. The number of rotatable bonds is 6. The van der Waals surface area contributed by atoms with E-state index in [-0.39, 0.29) is 23.5 Å². The van der Waals surface area contributed by atoms with Gasteiger partial charge in [-0.2, -0.15) is 0 Å². The minimum atomic E-state index is -0.283. The molecule has 0 spiro atoms. The molecule has 1 atom stereocenters.